The van der Waals surface area contributed by atoms with Gasteiger partial charge < -0.3 is 20.4 Å². The highest BCUT2D eigenvalue weighted by molar-refractivity contribution is 6.32. The molecule has 3 N–H and O–H groups in total. The quantitative estimate of drug-likeness (QED) is 0.519. The molecule has 0 radical (unpaired) electrons. The Bertz CT molecular complexity index is 1170. The van der Waals surface area contributed by atoms with Crippen LogP contribution >= 0.6 is 11.6 Å². The highest BCUT2D eigenvalue weighted by atomic mass is 35.5. The maximum atomic E-state index is 15.0. The summed E-state index contributed by atoms with van der Waals surface area (Å²) in [7, 11) is 0. The Morgan fingerprint density at radius 3 is 2.94 bits per heavy atom. The van der Waals surface area contributed by atoms with E-state index < -0.39 is 12.2 Å². The number of nitriles is 1. The van der Waals surface area contributed by atoms with E-state index in [1.165, 1.54) is 0 Å². The summed E-state index contributed by atoms with van der Waals surface area (Å²) in [4.78, 5) is 9.74. The third-order valence-corrected chi connectivity index (χ3v) is 6.49. The molecule has 0 bridgehead atoms. The SMILES string of the molecule is CCNc1cc(Nc2cnn(C3CCN(C4COC4)C[C@@H]3F)c2Cl)nc2[nH]cc(C#N)c12. The summed E-state index contributed by atoms with van der Waals surface area (Å²) < 4.78 is 21.8. The van der Waals surface area contributed by atoms with Crippen LogP contribution in [0.2, 0.25) is 5.15 Å². The van der Waals surface area contributed by atoms with Crippen LogP contribution in [0.5, 0.6) is 0 Å². The van der Waals surface area contributed by atoms with Crippen LogP contribution in [-0.2, 0) is 4.74 Å². The van der Waals surface area contributed by atoms with E-state index >= 15 is 0 Å². The first kappa shape index (κ1) is 21.0. The molecule has 0 spiro atoms. The van der Waals surface area contributed by atoms with Gasteiger partial charge in [0, 0.05) is 31.9 Å². The van der Waals surface area contributed by atoms with Gasteiger partial charge in [0.1, 0.15) is 23.7 Å². The summed E-state index contributed by atoms with van der Waals surface area (Å²) in [6, 6.07) is 3.91. The van der Waals surface area contributed by atoms with Crippen molar-refractivity contribution in [3.8, 4) is 6.07 Å². The van der Waals surface area contributed by atoms with E-state index in [0.29, 0.717) is 66.6 Å². The molecule has 2 saturated heterocycles. The van der Waals surface area contributed by atoms with Crippen molar-refractivity contribution in [1.82, 2.24) is 24.6 Å². The number of nitrogens with zero attached hydrogens (tertiary/aromatic N) is 5. The number of nitrogens with one attached hydrogen (secondary N) is 3. The van der Waals surface area contributed by atoms with Gasteiger partial charge in [0.05, 0.1) is 53.8 Å². The Kier molecular flexibility index (Phi) is 5.63. The summed E-state index contributed by atoms with van der Waals surface area (Å²) in [5, 5.41) is 21.3. The first-order valence-corrected chi connectivity index (χ1v) is 11.1. The molecule has 9 nitrogen and oxygen atoms in total. The van der Waals surface area contributed by atoms with Crippen molar-refractivity contribution >= 4 is 39.8 Å². The summed E-state index contributed by atoms with van der Waals surface area (Å²) in [6.45, 7) is 5.17. The first-order chi connectivity index (χ1) is 15.6. The zero-order valence-electron chi connectivity index (χ0n) is 17.6. The number of pyridine rings is 1. The standard InChI is InChI=1S/C21H24ClFN8O/c1-2-25-15-5-18(29-21-19(15)12(6-24)7-26-21)28-16-8-27-31(20(16)22)17-3-4-30(9-14(17)23)13-10-32-11-13/h5,7-8,13-14,17H,2-4,9-11H2,1H3,(H3,25,26,28,29)/t14-,17?/m0/s1. The highest BCUT2D eigenvalue weighted by Gasteiger charge is 2.37. The topological polar surface area (TPSA) is 107 Å². The number of hydrogen-bond donors (Lipinski definition) is 3. The maximum absolute atomic E-state index is 15.0. The molecule has 168 valence electrons. The molecule has 0 amide bonds. The molecule has 11 heteroatoms. The Morgan fingerprint density at radius 2 is 2.25 bits per heavy atom. The number of H-pyrrole nitrogens is 1. The molecule has 2 aliphatic heterocycles. The zero-order valence-corrected chi connectivity index (χ0v) is 18.4. The van der Waals surface area contributed by atoms with E-state index in [-0.39, 0.29) is 0 Å². The van der Waals surface area contributed by atoms with Gasteiger partial charge >= 0.3 is 0 Å². The van der Waals surface area contributed by atoms with Crippen LogP contribution in [-0.4, -0.2) is 69.7 Å². The number of aromatic amines is 1. The van der Waals surface area contributed by atoms with Gasteiger partial charge in [-0.15, -0.1) is 0 Å². The molecular weight excluding hydrogens is 435 g/mol. The second-order valence-electron chi connectivity index (χ2n) is 8.10. The van der Waals surface area contributed by atoms with Crippen molar-refractivity contribution in [2.75, 3.05) is 43.5 Å². The summed E-state index contributed by atoms with van der Waals surface area (Å²) >= 11 is 6.60. The van der Waals surface area contributed by atoms with E-state index in [9.17, 15) is 9.65 Å². The van der Waals surface area contributed by atoms with Crippen molar-refractivity contribution in [3.63, 3.8) is 0 Å². The predicted molar refractivity (Wildman–Crippen MR) is 120 cm³/mol. The Balaban J connectivity index is 1.37. The second kappa shape index (κ2) is 8.58. The maximum Gasteiger partial charge on any atom is 0.151 e. The first-order valence-electron chi connectivity index (χ1n) is 10.7. The van der Waals surface area contributed by atoms with Crippen LogP contribution in [0.4, 0.5) is 21.6 Å². The minimum Gasteiger partial charge on any atom is -0.385 e. The lowest BCUT2D eigenvalue weighted by atomic mass is 10.0. The number of ether oxygens (including phenoxy) is 1. The molecule has 2 aliphatic rings. The fourth-order valence-corrected chi connectivity index (χ4v) is 4.64. The fraction of sp³-hybridized carbons (Fsp3) is 0.476. The lowest BCUT2D eigenvalue weighted by Crippen LogP contribution is -2.55. The fourth-order valence-electron chi connectivity index (χ4n) is 4.37. The number of rotatable bonds is 6. The third kappa shape index (κ3) is 3.66. The largest absolute Gasteiger partial charge is 0.385 e. The highest BCUT2D eigenvalue weighted by Crippen LogP contribution is 2.35. The van der Waals surface area contributed by atoms with E-state index in [2.05, 4.69) is 36.7 Å². The van der Waals surface area contributed by atoms with E-state index in [1.54, 1.807) is 17.1 Å². The average Bonchev–Trinajstić information content (AvgIpc) is 3.31. The molecule has 32 heavy (non-hydrogen) atoms. The monoisotopic (exact) mass is 458 g/mol. The number of fused-ring (bicyclic) bond motifs is 1. The van der Waals surface area contributed by atoms with Crippen LogP contribution in [0.15, 0.2) is 18.5 Å². The van der Waals surface area contributed by atoms with Gasteiger partial charge in [0.25, 0.3) is 0 Å². The zero-order chi connectivity index (χ0) is 22.2. The number of halogens is 2. The van der Waals surface area contributed by atoms with Gasteiger partial charge in [-0.2, -0.15) is 10.4 Å². The van der Waals surface area contributed by atoms with E-state index in [1.807, 2.05) is 13.0 Å². The summed E-state index contributed by atoms with van der Waals surface area (Å²) in [5.74, 6) is 0.540. The van der Waals surface area contributed by atoms with Crippen molar-refractivity contribution in [1.29, 1.82) is 5.26 Å². The molecule has 2 fully saturated rings. The predicted octanol–water partition coefficient (Wildman–Crippen LogP) is 3.44. The molecule has 0 saturated carbocycles. The van der Waals surface area contributed by atoms with Crippen molar-refractivity contribution in [2.45, 2.75) is 31.6 Å². The van der Waals surface area contributed by atoms with Gasteiger partial charge in [0.15, 0.2) is 5.15 Å². The van der Waals surface area contributed by atoms with Crippen LogP contribution in [0, 0.1) is 11.3 Å². The Hall–Kier alpha value is -2.87. The van der Waals surface area contributed by atoms with Crippen LogP contribution in [0.25, 0.3) is 11.0 Å². The summed E-state index contributed by atoms with van der Waals surface area (Å²) in [6.07, 6.45) is 2.80. The Morgan fingerprint density at radius 1 is 1.41 bits per heavy atom. The number of piperidine rings is 1. The van der Waals surface area contributed by atoms with Crippen molar-refractivity contribution < 1.29 is 9.13 Å². The number of hydrogen-bond acceptors (Lipinski definition) is 7. The van der Waals surface area contributed by atoms with Gasteiger partial charge in [0.2, 0.25) is 0 Å². The number of aromatic nitrogens is 4. The minimum absolute atomic E-state index is 0.320. The molecule has 2 atom stereocenters. The summed E-state index contributed by atoms with van der Waals surface area (Å²) in [5.41, 5.74) is 2.45. The van der Waals surface area contributed by atoms with E-state index in [0.717, 1.165) is 17.6 Å². The second-order valence-corrected chi connectivity index (χ2v) is 8.46. The number of likely N-dealkylation sites (tertiary alicyclic amines) is 1. The molecule has 1 unspecified atom stereocenters. The molecule has 5 heterocycles. The van der Waals surface area contributed by atoms with Gasteiger partial charge in [-0.1, -0.05) is 11.6 Å². The molecule has 3 aromatic rings. The van der Waals surface area contributed by atoms with Gasteiger partial charge in [-0.3, -0.25) is 4.90 Å². The Labute approximate surface area is 189 Å². The van der Waals surface area contributed by atoms with Crippen LogP contribution in [0.3, 0.4) is 0 Å². The van der Waals surface area contributed by atoms with Crippen LogP contribution in [0.1, 0.15) is 24.9 Å². The normalized spacial score (nSPS) is 21.9. The lowest BCUT2D eigenvalue weighted by Gasteiger charge is -2.42. The van der Waals surface area contributed by atoms with Crippen molar-refractivity contribution in [3.05, 3.63) is 29.2 Å². The molecular formula is C21H24ClFN8O. The smallest absolute Gasteiger partial charge is 0.151 e. The minimum atomic E-state index is -1.06. The number of anilines is 3. The molecule has 5 rings (SSSR count). The third-order valence-electron chi connectivity index (χ3n) is 6.12. The van der Waals surface area contributed by atoms with E-state index in [4.69, 9.17) is 16.3 Å². The number of alkyl halides is 1. The lowest BCUT2D eigenvalue weighted by molar-refractivity contribution is -0.0847. The van der Waals surface area contributed by atoms with Gasteiger partial charge in [-0.05, 0) is 13.3 Å². The molecule has 3 aromatic heterocycles. The average molecular weight is 459 g/mol. The molecule has 0 aromatic carbocycles. The molecule has 0 aliphatic carbocycles. The van der Waals surface area contributed by atoms with Crippen LogP contribution < -0.4 is 10.6 Å². The van der Waals surface area contributed by atoms with Gasteiger partial charge in [-0.25, -0.2) is 14.1 Å². The van der Waals surface area contributed by atoms with Crippen molar-refractivity contribution in [2.24, 2.45) is 0 Å².